The number of carbonyl (C=O) groups excluding carboxylic acids is 1. The second kappa shape index (κ2) is 6.56. The summed E-state index contributed by atoms with van der Waals surface area (Å²) < 4.78 is 25.0. The number of benzene rings is 2. The van der Waals surface area contributed by atoms with E-state index in [2.05, 4.69) is 10.0 Å². The molecule has 0 atom stereocenters. The molecule has 0 saturated heterocycles. The molecule has 5 nitrogen and oxygen atoms in total. The lowest BCUT2D eigenvalue weighted by Crippen LogP contribution is -2.17. The Morgan fingerprint density at radius 2 is 1.73 bits per heavy atom. The van der Waals surface area contributed by atoms with Gasteiger partial charge in [0.25, 0.3) is 5.91 Å². The third-order valence-corrected chi connectivity index (χ3v) is 3.66. The van der Waals surface area contributed by atoms with Crippen LogP contribution in [0.1, 0.15) is 10.4 Å². The van der Waals surface area contributed by atoms with Crippen molar-refractivity contribution in [1.29, 1.82) is 0 Å². The lowest BCUT2D eigenvalue weighted by Gasteiger charge is -2.12. The summed E-state index contributed by atoms with van der Waals surface area (Å²) in [5, 5.41) is 3.42. The largest absolute Gasteiger partial charge is 0.322 e. The fourth-order valence-electron chi connectivity index (χ4n) is 1.76. The Kier molecular flexibility index (Phi) is 4.95. The van der Waals surface area contributed by atoms with Gasteiger partial charge in [-0.3, -0.25) is 9.52 Å². The van der Waals surface area contributed by atoms with E-state index in [1.807, 2.05) is 0 Å². The first kappa shape index (κ1) is 16.6. The van der Waals surface area contributed by atoms with Crippen molar-refractivity contribution in [3.05, 3.63) is 58.1 Å². The van der Waals surface area contributed by atoms with Crippen LogP contribution in [0.15, 0.2) is 42.5 Å². The molecule has 1 amide bonds. The minimum atomic E-state index is -3.52. The van der Waals surface area contributed by atoms with Gasteiger partial charge >= 0.3 is 0 Å². The minimum Gasteiger partial charge on any atom is -0.322 e. The van der Waals surface area contributed by atoms with Crippen molar-refractivity contribution < 1.29 is 13.2 Å². The van der Waals surface area contributed by atoms with Crippen LogP contribution in [0.3, 0.4) is 0 Å². The van der Waals surface area contributed by atoms with Gasteiger partial charge in [-0.15, -0.1) is 0 Å². The monoisotopic (exact) mass is 358 g/mol. The van der Waals surface area contributed by atoms with Gasteiger partial charge in [-0.1, -0.05) is 29.3 Å². The number of nitrogens with one attached hydrogen (secondary N) is 2. The molecule has 0 unspecified atom stereocenters. The average molecular weight is 359 g/mol. The number of rotatable bonds is 4. The van der Waals surface area contributed by atoms with E-state index < -0.39 is 15.9 Å². The van der Waals surface area contributed by atoms with Crippen molar-refractivity contribution in [3.8, 4) is 0 Å². The standard InChI is InChI=1S/C14H12Cl2N2O3S/c1-22(20,21)18-13-6-5-10(16)8-12(13)14(19)17-11-4-2-3-9(15)7-11/h2-8,18H,1H3,(H,17,19). The van der Waals surface area contributed by atoms with Crippen LogP contribution >= 0.6 is 23.2 Å². The first-order valence-electron chi connectivity index (χ1n) is 6.09. The van der Waals surface area contributed by atoms with Crippen LogP contribution in [-0.2, 0) is 10.0 Å². The van der Waals surface area contributed by atoms with E-state index in [4.69, 9.17) is 23.2 Å². The highest BCUT2D eigenvalue weighted by Gasteiger charge is 2.15. The van der Waals surface area contributed by atoms with Crippen LogP contribution in [-0.4, -0.2) is 20.6 Å². The molecule has 2 N–H and O–H groups in total. The number of halogens is 2. The molecule has 116 valence electrons. The molecule has 2 aromatic carbocycles. The number of sulfonamides is 1. The summed E-state index contributed by atoms with van der Waals surface area (Å²) in [6.07, 6.45) is 1.00. The normalized spacial score (nSPS) is 11.0. The molecule has 0 heterocycles. The molecule has 0 bridgehead atoms. The fraction of sp³-hybridized carbons (Fsp3) is 0.0714. The van der Waals surface area contributed by atoms with Crippen LogP contribution in [0, 0.1) is 0 Å². The summed E-state index contributed by atoms with van der Waals surface area (Å²) in [5.74, 6) is -0.504. The highest BCUT2D eigenvalue weighted by atomic mass is 35.5. The highest BCUT2D eigenvalue weighted by Crippen LogP contribution is 2.23. The maximum Gasteiger partial charge on any atom is 0.257 e. The zero-order chi connectivity index (χ0) is 16.3. The quantitative estimate of drug-likeness (QED) is 0.876. The van der Waals surface area contributed by atoms with E-state index in [1.165, 1.54) is 18.2 Å². The second-order valence-electron chi connectivity index (χ2n) is 4.53. The minimum absolute atomic E-state index is 0.109. The lowest BCUT2D eigenvalue weighted by atomic mass is 10.1. The van der Waals surface area contributed by atoms with E-state index in [0.29, 0.717) is 15.7 Å². The van der Waals surface area contributed by atoms with Crippen molar-refractivity contribution in [3.63, 3.8) is 0 Å². The maximum absolute atomic E-state index is 12.3. The SMILES string of the molecule is CS(=O)(=O)Nc1ccc(Cl)cc1C(=O)Nc1cccc(Cl)c1. The van der Waals surface area contributed by atoms with Gasteiger partial charge in [0.05, 0.1) is 17.5 Å². The van der Waals surface area contributed by atoms with Gasteiger partial charge in [-0.2, -0.15) is 0 Å². The third-order valence-electron chi connectivity index (χ3n) is 2.60. The van der Waals surface area contributed by atoms with Gasteiger partial charge in [-0.25, -0.2) is 8.42 Å². The summed E-state index contributed by atoms with van der Waals surface area (Å²) in [5.41, 5.74) is 0.743. The van der Waals surface area contributed by atoms with Gasteiger partial charge in [0.15, 0.2) is 0 Å². The van der Waals surface area contributed by atoms with Crippen LogP contribution in [0.5, 0.6) is 0 Å². The highest BCUT2D eigenvalue weighted by molar-refractivity contribution is 7.92. The van der Waals surface area contributed by atoms with Crippen LogP contribution < -0.4 is 10.0 Å². The molecular weight excluding hydrogens is 347 g/mol. The van der Waals surface area contributed by atoms with Gasteiger partial charge in [0, 0.05) is 15.7 Å². The van der Waals surface area contributed by atoms with Crippen molar-refractivity contribution in [2.24, 2.45) is 0 Å². The Bertz CT molecular complexity index is 823. The fourth-order valence-corrected chi connectivity index (χ4v) is 2.70. The van der Waals surface area contributed by atoms with E-state index >= 15 is 0 Å². The van der Waals surface area contributed by atoms with E-state index in [9.17, 15) is 13.2 Å². The van der Waals surface area contributed by atoms with Crippen LogP contribution in [0.4, 0.5) is 11.4 Å². The number of hydrogen-bond donors (Lipinski definition) is 2. The van der Waals surface area contributed by atoms with Gasteiger partial charge in [-0.05, 0) is 36.4 Å². The summed E-state index contributed by atoms with van der Waals surface area (Å²) in [7, 11) is -3.52. The number of amides is 1. The maximum atomic E-state index is 12.3. The zero-order valence-corrected chi connectivity index (χ0v) is 13.8. The Labute approximate surface area is 138 Å². The van der Waals surface area contributed by atoms with Crippen molar-refractivity contribution >= 4 is 50.5 Å². The molecule has 0 aromatic heterocycles. The van der Waals surface area contributed by atoms with Gasteiger partial charge in [0.1, 0.15) is 0 Å². The van der Waals surface area contributed by atoms with Crippen molar-refractivity contribution in [1.82, 2.24) is 0 Å². The second-order valence-corrected chi connectivity index (χ2v) is 7.15. The molecule has 0 aliphatic rings. The molecular formula is C14H12Cl2N2O3S. The van der Waals surface area contributed by atoms with Crippen molar-refractivity contribution in [2.45, 2.75) is 0 Å². The molecule has 0 aliphatic carbocycles. The molecule has 0 fully saturated rings. The average Bonchev–Trinajstić information content (AvgIpc) is 2.39. The molecule has 0 aliphatic heterocycles. The molecule has 2 aromatic rings. The Hall–Kier alpha value is -1.76. The summed E-state index contributed by atoms with van der Waals surface area (Å²) >= 11 is 11.7. The Morgan fingerprint density at radius 3 is 2.36 bits per heavy atom. The van der Waals surface area contributed by atoms with Crippen molar-refractivity contribution in [2.75, 3.05) is 16.3 Å². The van der Waals surface area contributed by atoms with Crippen LogP contribution in [0.2, 0.25) is 10.0 Å². The zero-order valence-electron chi connectivity index (χ0n) is 11.4. The topological polar surface area (TPSA) is 75.3 Å². The van der Waals surface area contributed by atoms with E-state index in [0.717, 1.165) is 6.26 Å². The first-order chi connectivity index (χ1) is 10.2. The molecule has 2 rings (SSSR count). The molecule has 8 heteroatoms. The first-order valence-corrected chi connectivity index (χ1v) is 8.73. The van der Waals surface area contributed by atoms with Gasteiger partial charge < -0.3 is 5.32 Å². The van der Waals surface area contributed by atoms with E-state index in [1.54, 1.807) is 24.3 Å². The number of carbonyl (C=O) groups is 1. The predicted molar refractivity (Wildman–Crippen MR) is 89.3 cm³/mol. The molecule has 0 saturated carbocycles. The summed E-state index contributed by atoms with van der Waals surface area (Å²) in [4.78, 5) is 12.3. The number of anilines is 2. The molecule has 0 radical (unpaired) electrons. The summed E-state index contributed by atoms with van der Waals surface area (Å²) in [6, 6.07) is 10.9. The predicted octanol–water partition coefficient (Wildman–Crippen LogP) is 3.62. The Balaban J connectivity index is 2.34. The van der Waals surface area contributed by atoms with Crippen LogP contribution in [0.25, 0.3) is 0 Å². The summed E-state index contributed by atoms with van der Waals surface area (Å²) in [6.45, 7) is 0. The number of hydrogen-bond acceptors (Lipinski definition) is 3. The third kappa shape index (κ3) is 4.62. The lowest BCUT2D eigenvalue weighted by molar-refractivity contribution is 0.102. The Morgan fingerprint density at radius 1 is 1.05 bits per heavy atom. The van der Waals surface area contributed by atoms with E-state index in [-0.39, 0.29) is 11.3 Å². The molecule has 0 spiro atoms. The molecule has 22 heavy (non-hydrogen) atoms. The smallest absolute Gasteiger partial charge is 0.257 e. The van der Waals surface area contributed by atoms with Gasteiger partial charge in [0.2, 0.25) is 10.0 Å².